The lowest BCUT2D eigenvalue weighted by atomic mass is 10.1. The third-order valence-electron chi connectivity index (χ3n) is 8.99. The zero-order chi connectivity index (χ0) is 38.8. The Kier molecular flexibility index (Phi) is 10.4. The lowest BCUT2D eigenvalue weighted by Gasteiger charge is -1.98. The Labute approximate surface area is 332 Å². The van der Waals surface area contributed by atoms with Crippen LogP contribution < -0.4 is 0 Å². The van der Waals surface area contributed by atoms with Crippen molar-refractivity contribution in [3.05, 3.63) is 201 Å². The number of aromatic amines is 2. The van der Waals surface area contributed by atoms with E-state index in [1.54, 1.807) is 6.08 Å². The molecular weight excluding hydrogens is 693 g/mol. The van der Waals surface area contributed by atoms with Gasteiger partial charge in [-0.2, -0.15) is 0 Å². The number of allylic oxidation sites excluding steroid dienone is 4. The predicted octanol–water partition coefficient (Wildman–Crippen LogP) is 10.3. The first-order valence-corrected chi connectivity index (χ1v) is 18.3. The molecular formula is C53H32N4. The van der Waals surface area contributed by atoms with E-state index >= 15 is 0 Å². The normalized spacial score (nSPS) is 11.3. The first-order chi connectivity index (χ1) is 28.1. The molecule has 6 aromatic rings. The van der Waals surface area contributed by atoms with E-state index < -0.39 is 0 Å². The summed E-state index contributed by atoms with van der Waals surface area (Å²) in [4.78, 5) is 17.6. The molecule has 0 amide bonds. The fourth-order valence-electron chi connectivity index (χ4n) is 6.23. The second-order valence-electron chi connectivity index (χ2n) is 12.9. The highest BCUT2D eigenvalue weighted by Gasteiger charge is 2.15. The van der Waals surface area contributed by atoms with E-state index in [1.165, 1.54) is 0 Å². The molecule has 4 nitrogen and oxygen atoms in total. The highest BCUT2D eigenvalue weighted by Crippen LogP contribution is 2.27. The van der Waals surface area contributed by atoms with Crippen LogP contribution in [0.5, 0.6) is 0 Å². The molecule has 57 heavy (non-hydrogen) atoms. The second kappa shape index (κ2) is 16.7. The maximum absolute atomic E-state index is 5.66. The zero-order valence-electron chi connectivity index (χ0n) is 31.0. The molecule has 4 heteroatoms. The van der Waals surface area contributed by atoms with Crippen molar-refractivity contribution < 1.29 is 0 Å². The van der Waals surface area contributed by atoms with E-state index in [9.17, 15) is 0 Å². The van der Waals surface area contributed by atoms with E-state index in [0.29, 0.717) is 33.9 Å². The minimum atomic E-state index is 0.643. The Balaban J connectivity index is 1.49. The fourth-order valence-corrected chi connectivity index (χ4v) is 6.23. The number of hydrogen-bond acceptors (Lipinski definition) is 2. The van der Waals surface area contributed by atoms with Crippen LogP contribution in [0.4, 0.5) is 0 Å². The Bertz CT molecular complexity index is 2980. The van der Waals surface area contributed by atoms with Crippen molar-refractivity contribution in [2.45, 2.75) is 6.92 Å². The molecule has 0 fully saturated rings. The molecule has 8 rings (SSSR count). The van der Waals surface area contributed by atoms with Crippen molar-refractivity contribution in [2.24, 2.45) is 0 Å². The molecule has 2 aliphatic heterocycles. The van der Waals surface area contributed by atoms with Crippen LogP contribution in [-0.2, 0) is 0 Å². The van der Waals surface area contributed by atoms with Gasteiger partial charge in [-0.15, -0.1) is 6.42 Å². The summed E-state index contributed by atoms with van der Waals surface area (Å²) in [6, 6.07) is 37.9. The number of rotatable bonds is 1. The van der Waals surface area contributed by atoms with Gasteiger partial charge in [0.1, 0.15) is 0 Å². The SMILES string of the molecule is C#C/C=C(C#Cc1c2nc(c(C#Cc3ccccc3)c3ccc([nH]3)c(C#Cc3ccccc3)c3ccc([nH]3)c(C#Cc3ccccc3)c3nc1C=C3)C=C2)\C=C/C. The summed E-state index contributed by atoms with van der Waals surface area (Å²) < 4.78 is 0. The van der Waals surface area contributed by atoms with Gasteiger partial charge < -0.3 is 9.97 Å². The molecule has 2 aliphatic rings. The van der Waals surface area contributed by atoms with Gasteiger partial charge in [0.2, 0.25) is 0 Å². The average molecular weight is 725 g/mol. The largest absolute Gasteiger partial charge is 0.353 e. The molecule has 8 bridgehead atoms. The molecule has 3 aromatic heterocycles. The van der Waals surface area contributed by atoms with Gasteiger partial charge in [0, 0.05) is 28.3 Å². The molecule has 5 heterocycles. The molecule has 3 aromatic carbocycles. The molecule has 0 aliphatic carbocycles. The second-order valence-corrected chi connectivity index (χ2v) is 12.9. The summed E-state index contributed by atoms with van der Waals surface area (Å²) in [5.41, 5.74) is 12.2. The standard InChI is InChI=1S/C53H32N4/c1-3-14-38(15-4-2)22-26-42-46-30-32-48(54-46)43(27-23-39-16-8-5-9-17-39)50-34-36-52(56-50)45(29-25-41-20-12-7-13-21-41)53-37-35-51(57-53)44(49-33-31-47(42)55-49)28-24-40-18-10-6-11-19-40/h1,4-21,30-37,56-57H,2H3/b15-4-,38-14+,46-42?,47-42?,48-43?,49-44?,50-43?,51-44?,52-45?,53-45?. The quantitative estimate of drug-likeness (QED) is 0.131. The summed E-state index contributed by atoms with van der Waals surface area (Å²) in [5, 5.41) is 0. The summed E-state index contributed by atoms with van der Waals surface area (Å²) in [6.07, 6.45) is 18.9. The highest BCUT2D eigenvalue weighted by molar-refractivity contribution is 5.88. The van der Waals surface area contributed by atoms with Crippen LogP contribution in [0.1, 0.15) is 68.6 Å². The van der Waals surface area contributed by atoms with Gasteiger partial charge in [0.05, 0.1) is 67.1 Å². The number of nitrogens with zero attached hydrogens (tertiary/aromatic N) is 2. The number of benzene rings is 3. The molecule has 0 spiro atoms. The average Bonchev–Trinajstić information content (AvgIpc) is 4.10. The van der Waals surface area contributed by atoms with E-state index in [2.05, 4.69) is 63.3 Å². The lowest BCUT2D eigenvalue weighted by Crippen LogP contribution is -1.91. The summed E-state index contributed by atoms with van der Waals surface area (Å²) in [5.74, 6) is 29.6. The maximum atomic E-state index is 5.66. The van der Waals surface area contributed by atoms with Gasteiger partial charge in [-0.1, -0.05) is 120 Å². The topological polar surface area (TPSA) is 57.4 Å². The van der Waals surface area contributed by atoms with Crippen LogP contribution in [0.3, 0.4) is 0 Å². The van der Waals surface area contributed by atoms with Crippen molar-refractivity contribution in [1.29, 1.82) is 0 Å². The smallest absolute Gasteiger partial charge is 0.0816 e. The van der Waals surface area contributed by atoms with Crippen molar-refractivity contribution in [1.82, 2.24) is 19.9 Å². The highest BCUT2D eigenvalue weighted by atomic mass is 14.8. The van der Waals surface area contributed by atoms with Gasteiger partial charge >= 0.3 is 0 Å². The van der Waals surface area contributed by atoms with Gasteiger partial charge in [-0.25, -0.2) is 9.97 Å². The molecule has 2 N–H and O–H groups in total. The Hall–Kier alpha value is -8.46. The van der Waals surface area contributed by atoms with Crippen molar-refractivity contribution >= 4 is 46.4 Å². The number of terminal acetylenes is 1. The number of aromatic nitrogens is 4. The minimum absolute atomic E-state index is 0.643. The van der Waals surface area contributed by atoms with Gasteiger partial charge in [-0.3, -0.25) is 0 Å². The zero-order valence-corrected chi connectivity index (χ0v) is 31.0. The van der Waals surface area contributed by atoms with E-state index in [1.807, 2.05) is 159 Å². The van der Waals surface area contributed by atoms with Gasteiger partial charge in [-0.05, 0) is 91.9 Å². The third kappa shape index (κ3) is 8.22. The fraction of sp³-hybridized carbons (Fsp3) is 0.0189. The number of H-pyrrole nitrogens is 2. The minimum Gasteiger partial charge on any atom is -0.353 e. The monoisotopic (exact) mass is 724 g/mol. The van der Waals surface area contributed by atoms with Crippen LogP contribution in [0.15, 0.2) is 139 Å². The molecule has 0 radical (unpaired) electrons. The third-order valence-corrected chi connectivity index (χ3v) is 8.99. The number of fused-ring (bicyclic) bond motifs is 8. The first-order valence-electron chi connectivity index (χ1n) is 18.3. The molecule has 0 saturated carbocycles. The van der Waals surface area contributed by atoms with Crippen molar-refractivity contribution in [3.8, 4) is 59.7 Å². The molecule has 264 valence electrons. The number of hydrogen-bond donors (Lipinski definition) is 2. The number of nitrogens with one attached hydrogen (secondary N) is 2. The van der Waals surface area contributed by atoms with Crippen LogP contribution in [0, 0.1) is 59.7 Å². The van der Waals surface area contributed by atoms with Crippen LogP contribution in [0.25, 0.3) is 46.4 Å². The Morgan fingerprint density at radius 1 is 0.474 bits per heavy atom. The van der Waals surface area contributed by atoms with Gasteiger partial charge in [0.15, 0.2) is 0 Å². The molecule has 0 saturated heterocycles. The van der Waals surface area contributed by atoms with E-state index in [4.69, 9.17) is 16.4 Å². The van der Waals surface area contributed by atoms with Gasteiger partial charge in [0.25, 0.3) is 0 Å². The summed E-state index contributed by atoms with van der Waals surface area (Å²) in [7, 11) is 0. The summed E-state index contributed by atoms with van der Waals surface area (Å²) >= 11 is 0. The van der Waals surface area contributed by atoms with Crippen molar-refractivity contribution in [2.75, 3.05) is 0 Å². The lowest BCUT2D eigenvalue weighted by molar-refractivity contribution is 1.25. The van der Waals surface area contributed by atoms with Crippen molar-refractivity contribution in [3.63, 3.8) is 0 Å². The van der Waals surface area contributed by atoms with Crippen LogP contribution in [0.2, 0.25) is 0 Å². The first kappa shape index (κ1) is 35.6. The van der Waals surface area contributed by atoms with Crippen LogP contribution in [-0.4, -0.2) is 19.9 Å². The Morgan fingerprint density at radius 3 is 1.26 bits per heavy atom. The van der Waals surface area contributed by atoms with Crippen LogP contribution >= 0.6 is 0 Å². The molecule has 0 unspecified atom stereocenters. The summed E-state index contributed by atoms with van der Waals surface area (Å²) in [6.45, 7) is 1.93. The van der Waals surface area contributed by atoms with E-state index in [-0.39, 0.29) is 0 Å². The predicted molar refractivity (Wildman–Crippen MR) is 235 cm³/mol. The molecule has 0 atom stereocenters. The van der Waals surface area contributed by atoms with E-state index in [0.717, 1.165) is 55.4 Å². The maximum Gasteiger partial charge on any atom is 0.0816 e. The Morgan fingerprint density at radius 2 is 0.860 bits per heavy atom.